The zero-order valence-corrected chi connectivity index (χ0v) is 24.9. The van der Waals surface area contributed by atoms with Gasteiger partial charge in [-0.15, -0.1) is 0 Å². The van der Waals surface area contributed by atoms with Crippen LogP contribution in [-0.4, -0.2) is 52.8 Å². The molecular weight excluding hydrogens is 510 g/mol. The first-order valence-corrected chi connectivity index (χ1v) is 14.7. The molecule has 0 aliphatic rings. The molecule has 2 amide bonds. The van der Waals surface area contributed by atoms with Crippen LogP contribution >= 0.6 is 0 Å². The fraction of sp³-hybridized carbons (Fsp3) is 0.371. The number of aryl methyl sites for hydroxylation is 1. The van der Waals surface area contributed by atoms with Gasteiger partial charge in [0.15, 0.2) is 0 Å². The summed E-state index contributed by atoms with van der Waals surface area (Å²) in [5.74, 6) is 0.590. The van der Waals surface area contributed by atoms with Crippen LogP contribution in [0.4, 0.5) is 0 Å². The van der Waals surface area contributed by atoms with Gasteiger partial charge < -0.3 is 19.5 Å². The van der Waals surface area contributed by atoms with Crippen molar-refractivity contribution < 1.29 is 14.3 Å². The first kappa shape index (κ1) is 29.9. The molecular formula is C35H43N3O3. The summed E-state index contributed by atoms with van der Waals surface area (Å²) < 4.78 is 5.31. The lowest BCUT2D eigenvalue weighted by Crippen LogP contribution is -2.46. The van der Waals surface area contributed by atoms with E-state index in [-0.39, 0.29) is 24.4 Å². The highest BCUT2D eigenvalue weighted by Crippen LogP contribution is 2.20. The predicted molar refractivity (Wildman–Crippen MR) is 166 cm³/mol. The SMILES string of the molecule is CCCCCc1ccc(C(=O)N(CC(=O)N(CCc2c[nH]c3ccccc23)Cc2ccc(OC)cc2)C(C)C)cc1. The van der Waals surface area contributed by atoms with E-state index < -0.39 is 0 Å². The number of unbranched alkanes of at least 4 members (excludes halogenated alkanes) is 2. The molecule has 0 aliphatic carbocycles. The normalized spacial score (nSPS) is 11.1. The quantitative estimate of drug-likeness (QED) is 0.171. The third kappa shape index (κ3) is 8.00. The molecule has 0 spiro atoms. The van der Waals surface area contributed by atoms with Crippen LogP contribution in [0.25, 0.3) is 10.9 Å². The smallest absolute Gasteiger partial charge is 0.254 e. The molecule has 1 aromatic heterocycles. The van der Waals surface area contributed by atoms with E-state index in [0.29, 0.717) is 25.1 Å². The first-order chi connectivity index (χ1) is 19.9. The van der Waals surface area contributed by atoms with Crippen molar-refractivity contribution in [3.63, 3.8) is 0 Å². The second-order valence-electron chi connectivity index (χ2n) is 11.0. The van der Waals surface area contributed by atoms with E-state index in [1.165, 1.54) is 29.4 Å². The molecule has 0 unspecified atom stereocenters. The van der Waals surface area contributed by atoms with Crippen molar-refractivity contribution in [2.75, 3.05) is 20.2 Å². The van der Waals surface area contributed by atoms with Crippen molar-refractivity contribution in [3.05, 3.63) is 101 Å². The molecule has 6 heteroatoms. The molecule has 3 aromatic carbocycles. The Morgan fingerprint density at radius 1 is 0.878 bits per heavy atom. The van der Waals surface area contributed by atoms with Crippen molar-refractivity contribution in [1.29, 1.82) is 0 Å². The molecule has 0 bridgehead atoms. The Morgan fingerprint density at radius 2 is 1.59 bits per heavy atom. The molecule has 1 N–H and O–H groups in total. The van der Waals surface area contributed by atoms with E-state index in [9.17, 15) is 9.59 Å². The second kappa shape index (κ2) is 14.5. The largest absolute Gasteiger partial charge is 0.497 e. The number of aromatic amines is 1. The molecule has 0 atom stereocenters. The summed E-state index contributed by atoms with van der Waals surface area (Å²) in [7, 11) is 1.64. The summed E-state index contributed by atoms with van der Waals surface area (Å²) in [6, 6.07) is 23.8. The highest BCUT2D eigenvalue weighted by Gasteiger charge is 2.25. The highest BCUT2D eigenvalue weighted by atomic mass is 16.5. The minimum Gasteiger partial charge on any atom is -0.497 e. The van der Waals surface area contributed by atoms with E-state index in [2.05, 4.69) is 24.0 Å². The summed E-state index contributed by atoms with van der Waals surface area (Å²) >= 11 is 0. The van der Waals surface area contributed by atoms with Gasteiger partial charge in [-0.3, -0.25) is 9.59 Å². The van der Waals surface area contributed by atoms with Crippen LogP contribution in [0, 0.1) is 0 Å². The summed E-state index contributed by atoms with van der Waals surface area (Å²) in [6.07, 6.45) is 7.30. The first-order valence-electron chi connectivity index (χ1n) is 14.7. The van der Waals surface area contributed by atoms with Crippen molar-refractivity contribution in [2.24, 2.45) is 0 Å². The number of fused-ring (bicyclic) bond motifs is 1. The maximum atomic E-state index is 13.8. The van der Waals surface area contributed by atoms with Gasteiger partial charge >= 0.3 is 0 Å². The lowest BCUT2D eigenvalue weighted by Gasteiger charge is -2.30. The van der Waals surface area contributed by atoms with Gasteiger partial charge in [-0.25, -0.2) is 0 Å². The number of hydrogen-bond acceptors (Lipinski definition) is 3. The van der Waals surface area contributed by atoms with Gasteiger partial charge in [0.25, 0.3) is 5.91 Å². The number of amides is 2. The molecule has 1 heterocycles. The van der Waals surface area contributed by atoms with Crippen molar-refractivity contribution >= 4 is 22.7 Å². The van der Waals surface area contributed by atoms with Crippen LogP contribution in [0.2, 0.25) is 0 Å². The van der Waals surface area contributed by atoms with E-state index in [1.807, 2.05) is 85.6 Å². The Morgan fingerprint density at radius 3 is 2.27 bits per heavy atom. The van der Waals surface area contributed by atoms with Crippen LogP contribution in [0.1, 0.15) is 67.1 Å². The maximum absolute atomic E-state index is 13.8. The molecule has 216 valence electrons. The number of para-hydroxylation sites is 1. The van der Waals surface area contributed by atoms with E-state index >= 15 is 0 Å². The molecule has 41 heavy (non-hydrogen) atoms. The summed E-state index contributed by atoms with van der Waals surface area (Å²) in [4.78, 5) is 34.3. The average Bonchev–Trinajstić information content (AvgIpc) is 3.41. The minimum absolute atomic E-state index is 0.0266. The molecule has 0 radical (unpaired) electrons. The van der Waals surface area contributed by atoms with Crippen molar-refractivity contribution in [1.82, 2.24) is 14.8 Å². The number of benzene rings is 3. The average molecular weight is 554 g/mol. The third-order valence-electron chi connectivity index (χ3n) is 7.67. The van der Waals surface area contributed by atoms with Crippen molar-refractivity contribution in [2.45, 2.75) is 65.5 Å². The Bertz CT molecular complexity index is 1410. The molecule has 0 fully saturated rings. The fourth-order valence-electron chi connectivity index (χ4n) is 5.13. The monoisotopic (exact) mass is 553 g/mol. The topological polar surface area (TPSA) is 65.6 Å². The van der Waals surface area contributed by atoms with Gasteiger partial charge in [-0.1, -0.05) is 62.2 Å². The predicted octanol–water partition coefficient (Wildman–Crippen LogP) is 7.03. The number of hydrogen-bond donors (Lipinski definition) is 1. The summed E-state index contributed by atoms with van der Waals surface area (Å²) in [5, 5.41) is 1.17. The van der Waals surface area contributed by atoms with Gasteiger partial charge in [0, 0.05) is 41.8 Å². The number of aromatic nitrogens is 1. The molecule has 0 saturated carbocycles. The Kier molecular flexibility index (Phi) is 10.6. The maximum Gasteiger partial charge on any atom is 0.254 e. The Labute approximate surface area is 244 Å². The van der Waals surface area contributed by atoms with E-state index in [1.54, 1.807) is 12.0 Å². The number of H-pyrrole nitrogens is 1. The summed E-state index contributed by atoms with van der Waals surface area (Å²) in [6.45, 7) is 7.15. The number of nitrogens with one attached hydrogen (secondary N) is 1. The fourth-order valence-corrected chi connectivity index (χ4v) is 5.13. The van der Waals surface area contributed by atoms with E-state index in [4.69, 9.17) is 4.74 Å². The standard InChI is InChI=1S/C35H43N3O3/c1-5-6-7-10-27-13-17-29(18-14-27)35(40)38(26(2)3)25-34(39)37(24-28-15-19-31(41-4)20-16-28)22-21-30-23-36-33-12-9-8-11-32(30)33/h8-9,11-20,23,26,36H,5-7,10,21-22,24-25H2,1-4H3. The van der Waals surface area contributed by atoms with Crippen LogP contribution in [0.15, 0.2) is 79.0 Å². The Balaban J connectivity index is 1.50. The van der Waals surface area contributed by atoms with Crippen LogP contribution in [0.3, 0.4) is 0 Å². The lowest BCUT2D eigenvalue weighted by atomic mass is 10.0. The van der Waals surface area contributed by atoms with Gasteiger partial charge in [0.1, 0.15) is 12.3 Å². The third-order valence-corrected chi connectivity index (χ3v) is 7.67. The van der Waals surface area contributed by atoms with Crippen LogP contribution < -0.4 is 4.74 Å². The number of rotatable bonds is 14. The zero-order valence-electron chi connectivity index (χ0n) is 24.9. The van der Waals surface area contributed by atoms with Crippen LogP contribution in [0.5, 0.6) is 5.75 Å². The number of methoxy groups -OCH3 is 1. The number of ether oxygens (including phenoxy) is 1. The molecule has 0 aliphatic heterocycles. The van der Waals surface area contributed by atoms with Gasteiger partial charge in [0.05, 0.1) is 7.11 Å². The van der Waals surface area contributed by atoms with Gasteiger partial charge in [-0.05, 0) is 80.1 Å². The molecule has 4 rings (SSSR count). The zero-order chi connectivity index (χ0) is 29.2. The number of nitrogens with zero attached hydrogens (tertiary/aromatic N) is 2. The van der Waals surface area contributed by atoms with Crippen molar-refractivity contribution in [3.8, 4) is 5.75 Å². The second-order valence-corrected chi connectivity index (χ2v) is 11.0. The van der Waals surface area contributed by atoms with Crippen LogP contribution in [-0.2, 0) is 24.2 Å². The van der Waals surface area contributed by atoms with Gasteiger partial charge in [0.2, 0.25) is 5.91 Å². The lowest BCUT2D eigenvalue weighted by molar-refractivity contribution is -0.132. The highest BCUT2D eigenvalue weighted by molar-refractivity contribution is 5.96. The Hall–Kier alpha value is -4.06. The number of carbonyl (C=O) groups excluding carboxylic acids is 2. The summed E-state index contributed by atoms with van der Waals surface area (Å²) in [5.41, 5.74) is 5.13. The molecule has 4 aromatic rings. The molecule has 6 nitrogen and oxygen atoms in total. The number of carbonyl (C=O) groups is 2. The molecule has 0 saturated heterocycles. The van der Waals surface area contributed by atoms with E-state index in [0.717, 1.165) is 29.7 Å². The van der Waals surface area contributed by atoms with Gasteiger partial charge in [-0.2, -0.15) is 0 Å². The minimum atomic E-state index is -0.118.